The number of amides is 2. The van der Waals surface area contributed by atoms with Crippen molar-refractivity contribution in [3.8, 4) is 0 Å². The monoisotopic (exact) mass is 664 g/mol. The van der Waals surface area contributed by atoms with Crippen LogP contribution in [0.5, 0.6) is 0 Å². The van der Waals surface area contributed by atoms with E-state index in [9.17, 15) is 9.59 Å². The summed E-state index contributed by atoms with van der Waals surface area (Å²) in [5.41, 5.74) is 1.99. The van der Waals surface area contributed by atoms with Crippen molar-refractivity contribution < 1.29 is 9.59 Å². The van der Waals surface area contributed by atoms with Gasteiger partial charge in [-0.3, -0.25) is 9.59 Å². The van der Waals surface area contributed by atoms with Crippen LogP contribution in [0.25, 0.3) is 0 Å². The van der Waals surface area contributed by atoms with Gasteiger partial charge in [-0.05, 0) is 87.2 Å². The van der Waals surface area contributed by atoms with E-state index in [0.717, 1.165) is 55.6 Å². The predicted molar refractivity (Wildman–Crippen MR) is 194 cm³/mol. The van der Waals surface area contributed by atoms with Crippen LogP contribution in [0.2, 0.25) is 0 Å². The van der Waals surface area contributed by atoms with E-state index in [2.05, 4.69) is 50.4 Å². The average molecular weight is 665 g/mol. The number of hydrogen-bond acceptors (Lipinski definition) is 4. The van der Waals surface area contributed by atoms with Crippen LogP contribution in [0.3, 0.4) is 0 Å². The molecule has 4 aliphatic carbocycles. The third-order valence-electron chi connectivity index (χ3n) is 12.9. The number of carbonyl (C=O) groups is 2. The van der Waals surface area contributed by atoms with Crippen LogP contribution in [-0.2, 0) is 9.59 Å². The molecule has 6 aliphatic rings. The first-order valence-corrected chi connectivity index (χ1v) is 19.7. The van der Waals surface area contributed by atoms with Gasteiger partial charge in [-0.2, -0.15) is 0 Å². The summed E-state index contributed by atoms with van der Waals surface area (Å²) in [7, 11) is 0. The number of nitrogens with one attached hydrogen (secondary N) is 4. The molecule has 8 rings (SSSR count). The summed E-state index contributed by atoms with van der Waals surface area (Å²) in [4.78, 5) is 36.8. The fourth-order valence-electron chi connectivity index (χ4n) is 10.4. The van der Waals surface area contributed by atoms with E-state index in [1.807, 2.05) is 36.4 Å². The Morgan fingerprint density at radius 3 is 1.96 bits per heavy atom. The first-order chi connectivity index (χ1) is 24.1. The second kappa shape index (κ2) is 14.8. The highest BCUT2D eigenvalue weighted by molar-refractivity contribution is 5.91. The Hall–Kier alpha value is -3.39. The van der Waals surface area contributed by atoms with Crippen LogP contribution >= 0.6 is 0 Å². The Kier molecular flexibility index (Phi) is 9.93. The summed E-state index contributed by atoms with van der Waals surface area (Å²) in [6.45, 7) is 0. The number of likely N-dealkylation sites (tertiary alicyclic amines) is 1. The molecule has 2 saturated heterocycles. The summed E-state index contributed by atoms with van der Waals surface area (Å²) in [5.74, 6) is 2.14. The summed E-state index contributed by atoms with van der Waals surface area (Å²) in [5, 5.41) is 14.6. The zero-order valence-corrected chi connectivity index (χ0v) is 29.1. The van der Waals surface area contributed by atoms with Crippen LogP contribution in [0, 0.1) is 11.8 Å². The molecule has 2 aromatic carbocycles. The van der Waals surface area contributed by atoms with Crippen LogP contribution in [0.1, 0.15) is 126 Å². The minimum Gasteiger partial charge on any atom is -0.353 e. The third kappa shape index (κ3) is 7.13. The molecule has 0 spiro atoms. The molecule has 4 N–H and O–H groups in total. The van der Waals surface area contributed by atoms with Crippen molar-refractivity contribution in [2.24, 2.45) is 16.8 Å². The molecule has 8 heteroatoms. The van der Waals surface area contributed by atoms with Gasteiger partial charge in [-0.25, -0.2) is 4.99 Å². The molecule has 6 fully saturated rings. The van der Waals surface area contributed by atoms with Crippen molar-refractivity contribution in [3.63, 3.8) is 0 Å². The largest absolute Gasteiger partial charge is 0.353 e. The maximum absolute atomic E-state index is 14.9. The Morgan fingerprint density at radius 1 is 0.673 bits per heavy atom. The Bertz CT molecular complexity index is 1440. The van der Waals surface area contributed by atoms with Gasteiger partial charge in [0.2, 0.25) is 11.8 Å². The third-order valence-corrected chi connectivity index (χ3v) is 12.9. The lowest BCUT2D eigenvalue weighted by atomic mass is 9.92. The maximum atomic E-state index is 14.9. The molecule has 8 nitrogen and oxygen atoms in total. The second-order valence-electron chi connectivity index (χ2n) is 16.0. The van der Waals surface area contributed by atoms with E-state index in [1.165, 1.54) is 64.2 Å². The van der Waals surface area contributed by atoms with E-state index >= 15 is 0 Å². The topological polar surface area (TPSA) is 97.9 Å². The van der Waals surface area contributed by atoms with Gasteiger partial charge in [0.15, 0.2) is 5.96 Å². The number of carbonyl (C=O) groups excluding carboxylic acids is 2. The zero-order valence-electron chi connectivity index (χ0n) is 29.1. The van der Waals surface area contributed by atoms with Crippen molar-refractivity contribution in [1.29, 1.82) is 0 Å². The van der Waals surface area contributed by atoms with Gasteiger partial charge in [0.25, 0.3) is 0 Å². The van der Waals surface area contributed by atoms with Gasteiger partial charge >= 0.3 is 0 Å². The van der Waals surface area contributed by atoms with Gasteiger partial charge < -0.3 is 26.2 Å². The van der Waals surface area contributed by atoms with E-state index in [0.29, 0.717) is 36.0 Å². The molecule has 2 amide bonds. The Morgan fingerprint density at radius 2 is 1.29 bits per heavy atom. The van der Waals surface area contributed by atoms with Crippen LogP contribution in [0.4, 0.5) is 0 Å². The molecule has 0 unspecified atom stereocenters. The zero-order chi connectivity index (χ0) is 33.2. The summed E-state index contributed by atoms with van der Waals surface area (Å²) in [6.07, 6.45) is 18.5. The lowest BCUT2D eigenvalue weighted by Crippen LogP contribution is -2.56. The van der Waals surface area contributed by atoms with E-state index in [-0.39, 0.29) is 23.9 Å². The van der Waals surface area contributed by atoms with Crippen molar-refractivity contribution in [2.45, 2.75) is 151 Å². The van der Waals surface area contributed by atoms with Crippen LogP contribution in [-0.4, -0.2) is 58.9 Å². The van der Waals surface area contributed by atoms with Gasteiger partial charge in [0, 0.05) is 18.1 Å². The number of rotatable bonds is 9. The summed E-state index contributed by atoms with van der Waals surface area (Å²) < 4.78 is 0. The summed E-state index contributed by atoms with van der Waals surface area (Å²) in [6, 6.07) is 20.7. The molecule has 0 bridgehead atoms. The quantitative estimate of drug-likeness (QED) is 0.186. The number of benzene rings is 2. The lowest BCUT2D eigenvalue weighted by Gasteiger charge is -2.36. The SMILES string of the molecule is O=C(N[C@@H](c1ccccc1)[C@@H](NC(=O)[C@@H]1C[C@@H]2CCC[C@@H]2N1C(=NC1CCCC1)NC1CCCC1)c1ccccc1)[C@@H]1C[C@@H]2CCC[C@@H]2N1. The first-order valence-electron chi connectivity index (χ1n) is 19.7. The number of aliphatic imine (C=N–C) groups is 1. The van der Waals surface area contributed by atoms with E-state index < -0.39 is 12.1 Å². The number of fused-ring (bicyclic) bond motifs is 2. The molecule has 0 aromatic heterocycles. The molecular weight excluding hydrogens is 608 g/mol. The fraction of sp³-hybridized carbons (Fsp3) is 0.634. The van der Waals surface area contributed by atoms with Crippen molar-refractivity contribution in [2.75, 3.05) is 0 Å². The van der Waals surface area contributed by atoms with Crippen molar-refractivity contribution in [3.05, 3.63) is 71.8 Å². The Labute approximate surface area is 292 Å². The highest BCUT2D eigenvalue weighted by atomic mass is 16.2. The highest BCUT2D eigenvalue weighted by Gasteiger charge is 2.49. The minimum absolute atomic E-state index is 0.0298. The lowest BCUT2D eigenvalue weighted by molar-refractivity contribution is -0.127. The molecule has 2 aromatic rings. The molecule has 0 radical (unpaired) electrons. The Balaban J connectivity index is 1.10. The molecule has 2 heterocycles. The van der Waals surface area contributed by atoms with Gasteiger partial charge in [-0.15, -0.1) is 0 Å². The average Bonchev–Trinajstić information content (AvgIpc) is 3.96. The predicted octanol–water partition coefficient (Wildman–Crippen LogP) is 6.31. The first kappa shape index (κ1) is 32.8. The van der Waals surface area contributed by atoms with Gasteiger partial charge in [0.05, 0.1) is 24.2 Å². The van der Waals surface area contributed by atoms with Crippen LogP contribution < -0.4 is 21.3 Å². The maximum Gasteiger partial charge on any atom is 0.243 e. The molecule has 8 atom stereocenters. The molecule has 262 valence electrons. The molecule has 2 aliphatic heterocycles. The normalized spacial score (nSPS) is 31.4. The number of hydrogen-bond donors (Lipinski definition) is 4. The van der Waals surface area contributed by atoms with E-state index in [4.69, 9.17) is 4.99 Å². The number of nitrogens with zero attached hydrogens (tertiary/aromatic N) is 2. The smallest absolute Gasteiger partial charge is 0.243 e. The standard InChI is InChI=1S/C41H56N6O2/c48-39(34-25-29-17-11-23-33(29)44-34)45-37(27-13-3-1-4-14-27)38(28-15-5-2-6-16-28)46-40(49)36-26-30-18-12-24-35(30)47(36)41(42-31-19-7-8-20-31)43-32-21-9-10-22-32/h1-6,13-16,29-38,44H,7-12,17-26H2,(H,42,43)(H,45,48)(H,46,49)/t29-,30-,33-,34-,35-,36-,37-,38-/m0/s1. The van der Waals surface area contributed by atoms with E-state index in [1.54, 1.807) is 0 Å². The molecule has 49 heavy (non-hydrogen) atoms. The highest BCUT2D eigenvalue weighted by Crippen LogP contribution is 2.43. The van der Waals surface area contributed by atoms with Crippen molar-refractivity contribution >= 4 is 17.8 Å². The van der Waals surface area contributed by atoms with Crippen molar-refractivity contribution in [1.82, 2.24) is 26.2 Å². The molecular formula is C41H56N6O2. The second-order valence-corrected chi connectivity index (χ2v) is 16.0. The molecule has 4 saturated carbocycles. The summed E-state index contributed by atoms with van der Waals surface area (Å²) >= 11 is 0. The minimum atomic E-state index is -0.429. The number of guanidine groups is 1. The fourth-order valence-corrected chi connectivity index (χ4v) is 10.4. The van der Waals surface area contributed by atoms with Gasteiger partial charge in [-0.1, -0.05) is 99.2 Å². The van der Waals surface area contributed by atoms with Crippen LogP contribution in [0.15, 0.2) is 65.7 Å². The van der Waals surface area contributed by atoms with Gasteiger partial charge in [0.1, 0.15) is 6.04 Å².